The summed E-state index contributed by atoms with van der Waals surface area (Å²) in [6, 6.07) is 8.22. The predicted octanol–water partition coefficient (Wildman–Crippen LogP) is 3.40. The Hall–Kier alpha value is -1.69. The molecule has 1 aliphatic heterocycles. The number of amides is 3. The fourth-order valence-corrected chi connectivity index (χ4v) is 4.47. The minimum atomic E-state index is -0.0720. The highest BCUT2D eigenvalue weighted by molar-refractivity contribution is 8.01. The number of nitrogens with zero attached hydrogens (tertiary/aromatic N) is 2. The Morgan fingerprint density at radius 1 is 1.36 bits per heavy atom. The molecular formula is C19H29N3O2S. The Labute approximate surface area is 155 Å². The normalized spacial score (nSPS) is 20.2. The quantitative estimate of drug-likeness (QED) is 0.843. The van der Waals surface area contributed by atoms with Gasteiger partial charge in [-0.1, -0.05) is 24.3 Å². The zero-order chi connectivity index (χ0) is 18.6. The fourth-order valence-electron chi connectivity index (χ4n) is 3.07. The van der Waals surface area contributed by atoms with E-state index in [0.717, 1.165) is 0 Å². The topological polar surface area (TPSA) is 52.7 Å². The summed E-state index contributed by atoms with van der Waals surface area (Å²) in [6.07, 6.45) is 0. The summed E-state index contributed by atoms with van der Waals surface area (Å²) in [5, 5.41) is 2.82. The van der Waals surface area contributed by atoms with E-state index < -0.39 is 0 Å². The van der Waals surface area contributed by atoms with Crippen LogP contribution in [0.25, 0.3) is 0 Å². The molecule has 5 nitrogen and oxygen atoms in total. The van der Waals surface area contributed by atoms with Crippen molar-refractivity contribution in [2.24, 2.45) is 0 Å². The molecule has 0 unspecified atom stereocenters. The molecular weight excluding hydrogens is 334 g/mol. The first kappa shape index (κ1) is 19.6. The zero-order valence-corrected chi connectivity index (χ0v) is 16.6. The number of hydrogen-bond donors (Lipinski definition) is 1. The van der Waals surface area contributed by atoms with Gasteiger partial charge in [0.2, 0.25) is 5.91 Å². The van der Waals surface area contributed by atoms with Crippen LogP contribution < -0.4 is 5.32 Å². The lowest BCUT2D eigenvalue weighted by molar-refractivity contribution is -0.130. The molecule has 0 aromatic heterocycles. The van der Waals surface area contributed by atoms with E-state index in [1.807, 2.05) is 44.7 Å². The van der Waals surface area contributed by atoms with Crippen LogP contribution in [0.3, 0.4) is 0 Å². The van der Waals surface area contributed by atoms with Crippen LogP contribution in [0.2, 0.25) is 0 Å². The Morgan fingerprint density at radius 2 is 2.04 bits per heavy atom. The summed E-state index contributed by atoms with van der Waals surface area (Å²) in [5.41, 5.74) is 2.37. The molecule has 138 valence electrons. The van der Waals surface area contributed by atoms with Crippen molar-refractivity contribution in [3.8, 4) is 0 Å². The number of aryl methyl sites for hydroxylation is 1. The Bertz CT molecular complexity index is 620. The smallest absolute Gasteiger partial charge is 0.317 e. The minimum Gasteiger partial charge on any atom is -0.338 e. The van der Waals surface area contributed by atoms with Crippen molar-refractivity contribution in [2.75, 3.05) is 19.6 Å². The predicted molar refractivity (Wildman–Crippen MR) is 104 cm³/mol. The van der Waals surface area contributed by atoms with Crippen LogP contribution in [-0.2, 0) is 4.79 Å². The third-order valence-corrected chi connectivity index (χ3v) is 5.87. The molecule has 1 aromatic carbocycles. The van der Waals surface area contributed by atoms with Crippen molar-refractivity contribution < 1.29 is 9.59 Å². The number of hydrogen-bond acceptors (Lipinski definition) is 3. The number of nitrogens with one attached hydrogen (secondary N) is 1. The van der Waals surface area contributed by atoms with Gasteiger partial charge < -0.3 is 15.1 Å². The molecule has 0 aliphatic carbocycles. The zero-order valence-electron chi connectivity index (χ0n) is 15.8. The van der Waals surface area contributed by atoms with E-state index in [-0.39, 0.29) is 28.6 Å². The third kappa shape index (κ3) is 4.48. The van der Waals surface area contributed by atoms with Crippen LogP contribution in [-0.4, -0.2) is 52.7 Å². The molecule has 25 heavy (non-hydrogen) atoms. The van der Waals surface area contributed by atoms with Crippen LogP contribution in [0.5, 0.6) is 0 Å². The second-order valence-corrected chi connectivity index (χ2v) is 8.07. The highest BCUT2D eigenvalue weighted by Gasteiger charge is 2.39. The molecule has 1 fully saturated rings. The highest BCUT2D eigenvalue weighted by Crippen LogP contribution is 2.43. The number of urea groups is 1. The maximum absolute atomic E-state index is 12.7. The first-order valence-corrected chi connectivity index (χ1v) is 9.87. The summed E-state index contributed by atoms with van der Waals surface area (Å²) in [5.74, 6) is 0.151. The van der Waals surface area contributed by atoms with Gasteiger partial charge in [0.25, 0.3) is 0 Å². The van der Waals surface area contributed by atoms with E-state index in [1.165, 1.54) is 11.1 Å². The van der Waals surface area contributed by atoms with Crippen molar-refractivity contribution in [2.45, 2.75) is 51.3 Å². The summed E-state index contributed by atoms with van der Waals surface area (Å²) >= 11 is 1.69. The van der Waals surface area contributed by atoms with Gasteiger partial charge in [-0.3, -0.25) is 4.79 Å². The maximum atomic E-state index is 12.7. The molecule has 0 spiro atoms. The number of rotatable bonds is 6. The largest absolute Gasteiger partial charge is 0.338 e. The molecule has 1 saturated heterocycles. The van der Waals surface area contributed by atoms with Gasteiger partial charge in [0.05, 0.1) is 5.25 Å². The second-order valence-electron chi connectivity index (χ2n) is 6.64. The lowest BCUT2D eigenvalue weighted by atomic mass is 10.1. The van der Waals surface area contributed by atoms with Gasteiger partial charge in [0.15, 0.2) is 0 Å². The first-order valence-electron chi connectivity index (χ1n) is 8.92. The minimum absolute atomic E-state index is 0.0203. The average Bonchev–Trinajstić information content (AvgIpc) is 2.83. The van der Waals surface area contributed by atoms with Gasteiger partial charge in [-0.2, -0.15) is 0 Å². The number of carbonyl (C=O) groups is 2. The summed E-state index contributed by atoms with van der Waals surface area (Å²) in [6.45, 7) is 11.6. The van der Waals surface area contributed by atoms with E-state index in [9.17, 15) is 9.59 Å². The van der Waals surface area contributed by atoms with Crippen LogP contribution >= 0.6 is 11.8 Å². The third-order valence-electron chi connectivity index (χ3n) is 4.50. The SMILES string of the molecule is CCNC(=O)N(CCN1C(=O)[C@H](C)S[C@H]1c1ccccc1C)C(C)C. The van der Waals surface area contributed by atoms with Gasteiger partial charge >= 0.3 is 6.03 Å². The first-order chi connectivity index (χ1) is 11.9. The Kier molecular flexibility index (Phi) is 6.76. The summed E-state index contributed by atoms with van der Waals surface area (Å²) in [4.78, 5) is 28.6. The van der Waals surface area contributed by atoms with E-state index in [4.69, 9.17) is 0 Å². The van der Waals surface area contributed by atoms with Crippen LogP contribution in [0.4, 0.5) is 4.79 Å². The monoisotopic (exact) mass is 363 g/mol. The summed E-state index contributed by atoms with van der Waals surface area (Å²) < 4.78 is 0. The summed E-state index contributed by atoms with van der Waals surface area (Å²) in [7, 11) is 0. The number of thioether (sulfide) groups is 1. The van der Waals surface area contributed by atoms with E-state index in [1.54, 1.807) is 16.7 Å². The fraction of sp³-hybridized carbons (Fsp3) is 0.579. The van der Waals surface area contributed by atoms with Crippen molar-refractivity contribution >= 4 is 23.7 Å². The Morgan fingerprint density at radius 3 is 2.64 bits per heavy atom. The molecule has 3 amide bonds. The van der Waals surface area contributed by atoms with Gasteiger partial charge in [-0.15, -0.1) is 11.8 Å². The van der Waals surface area contributed by atoms with Crippen LogP contribution in [0.15, 0.2) is 24.3 Å². The average molecular weight is 364 g/mol. The van der Waals surface area contributed by atoms with Gasteiger partial charge in [-0.25, -0.2) is 4.79 Å². The molecule has 2 atom stereocenters. The molecule has 1 aromatic rings. The molecule has 0 saturated carbocycles. The molecule has 1 heterocycles. The molecule has 1 aliphatic rings. The lowest BCUT2D eigenvalue weighted by Gasteiger charge is -2.31. The van der Waals surface area contributed by atoms with E-state index in [2.05, 4.69) is 24.4 Å². The highest BCUT2D eigenvalue weighted by atomic mass is 32.2. The van der Waals surface area contributed by atoms with Crippen LogP contribution in [0, 0.1) is 6.92 Å². The van der Waals surface area contributed by atoms with E-state index in [0.29, 0.717) is 19.6 Å². The maximum Gasteiger partial charge on any atom is 0.317 e. The molecule has 1 N–H and O–H groups in total. The van der Waals surface area contributed by atoms with Gasteiger partial charge in [0, 0.05) is 25.7 Å². The molecule has 0 bridgehead atoms. The second kappa shape index (κ2) is 8.61. The van der Waals surface area contributed by atoms with Crippen molar-refractivity contribution in [1.29, 1.82) is 0 Å². The standard InChI is InChI=1S/C19H29N3O2S/c1-6-20-19(24)21(13(2)3)11-12-22-17(23)15(5)25-18(22)16-10-8-7-9-14(16)4/h7-10,13,15,18H,6,11-12H2,1-5H3,(H,20,24)/t15-,18-/m0/s1. The van der Waals surface area contributed by atoms with E-state index >= 15 is 0 Å². The lowest BCUT2D eigenvalue weighted by Crippen LogP contribution is -2.48. The Balaban J connectivity index is 2.15. The number of benzene rings is 1. The van der Waals surface area contributed by atoms with Crippen molar-refractivity contribution in [1.82, 2.24) is 15.1 Å². The van der Waals surface area contributed by atoms with Crippen molar-refractivity contribution in [3.05, 3.63) is 35.4 Å². The van der Waals surface area contributed by atoms with Gasteiger partial charge in [-0.05, 0) is 45.7 Å². The van der Waals surface area contributed by atoms with Crippen LogP contribution in [0.1, 0.15) is 44.2 Å². The van der Waals surface area contributed by atoms with Gasteiger partial charge in [0.1, 0.15) is 5.37 Å². The number of carbonyl (C=O) groups excluding carboxylic acids is 2. The molecule has 0 radical (unpaired) electrons. The molecule has 2 rings (SSSR count). The van der Waals surface area contributed by atoms with Crippen molar-refractivity contribution in [3.63, 3.8) is 0 Å². The molecule has 6 heteroatoms.